The SMILES string of the molecule is O=C/C=C/CCCCO. The maximum absolute atomic E-state index is 9.70. The molecule has 52 valence electrons. The van der Waals surface area contributed by atoms with Gasteiger partial charge in [-0.2, -0.15) is 0 Å². The van der Waals surface area contributed by atoms with E-state index in [1.807, 2.05) is 6.08 Å². The molecule has 0 aliphatic heterocycles. The number of hydrogen-bond donors (Lipinski definition) is 1. The Balaban J connectivity index is 2.90. The van der Waals surface area contributed by atoms with Crippen LogP contribution in [0.3, 0.4) is 0 Å². The molecule has 0 heterocycles. The van der Waals surface area contributed by atoms with Crippen LogP contribution in [0.5, 0.6) is 0 Å². The van der Waals surface area contributed by atoms with Gasteiger partial charge in [-0.15, -0.1) is 0 Å². The van der Waals surface area contributed by atoms with Crippen molar-refractivity contribution in [2.45, 2.75) is 19.3 Å². The molecule has 0 aliphatic carbocycles. The highest BCUT2D eigenvalue weighted by Crippen LogP contribution is 1.93. The fraction of sp³-hybridized carbons (Fsp3) is 0.571. The van der Waals surface area contributed by atoms with Gasteiger partial charge >= 0.3 is 0 Å². The summed E-state index contributed by atoms with van der Waals surface area (Å²) in [6.45, 7) is 0.245. The third-order valence-corrected chi connectivity index (χ3v) is 0.994. The zero-order valence-corrected chi connectivity index (χ0v) is 5.42. The Hall–Kier alpha value is -0.630. The van der Waals surface area contributed by atoms with Crippen LogP contribution in [0.15, 0.2) is 12.2 Å². The van der Waals surface area contributed by atoms with Crippen LogP contribution in [-0.2, 0) is 4.79 Å². The van der Waals surface area contributed by atoms with Gasteiger partial charge in [-0.05, 0) is 25.3 Å². The van der Waals surface area contributed by atoms with E-state index < -0.39 is 0 Å². The fourth-order valence-corrected chi connectivity index (χ4v) is 0.526. The lowest BCUT2D eigenvalue weighted by Gasteiger charge is -1.88. The second kappa shape index (κ2) is 7.37. The first-order chi connectivity index (χ1) is 4.41. The van der Waals surface area contributed by atoms with E-state index in [4.69, 9.17) is 5.11 Å². The molecule has 0 aromatic heterocycles. The average Bonchev–Trinajstić information content (AvgIpc) is 1.89. The Labute approximate surface area is 55.2 Å². The van der Waals surface area contributed by atoms with Crippen LogP contribution in [0.2, 0.25) is 0 Å². The molecule has 0 aliphatic rings. The summed E-state index contributed by atoms with van der Waals surface area (Å²) >= 11 is 0. The van der Waals surface area contributed by atoms with Gasteiger partial charge in [0.2, 0.25) is 0 Å². The topological polar surface area (TPSA) is 37.3 Å². The Morgan fingerprint density at radius 1 is 1.33 bits per heavy atom. The largest absolute Gasteiger partial charge is 0.396 e. The first kappa shape index (κ1) is 8.37. The van der Waals surface area contributed by atoms with Crippen molar-refractivity contribution in [1.29, 1.82) is 0 Å². The van der Waals surface area contributed by atoms with E-state index in [-0.39, 0.29) is 6.61 Å². The predicted molar refractivity (Wildman–Crippen MR) is 36.1 cm³/mol. The molecule has 0 radical (unpaired) electrons. The normalized spacial score (nSPS) is 10.3. The van der Waals surface area contributed by atoms with Gasteiger partial charge in [0.05, 0.1) is 0 Å². The summed E-state index contributed by atoms with van der Waals surface area (Å²) in [4.78, 5) is 9.70. The van der Waals surface area contributed by atoms with Crippen LogP contribution >= 0.6 is 0 Å². The van der Waals surface area contributed by atoms with Gasteiger partial charge in [0.15, 0.2) is 0 Å². The van der Waals surface area contributed by atoms with E-state index in [9.17, 15) is 4.79 Å². The van der Waals surface area contributed by atoms with E-state index in [0.717, 1.165) is 25.5 Å². The van der Waals surface area contributed by atoms with E-state index in [1.165, 1.54) is 6.08 Å². The highest BCUT2D eigenvalue weighted by atomic mass is 16.2. The van der Waals surface area contributed by atoms with Crippen LogP contribution in [-0.4, -0.2) is 18.0 Å². The molecule has 0 amide bonds. The molecule has 2 heteroatoms. The third kappa shape index (κ3) is 7.37. The van der Waals surface area contributed by atoms with Crippen molar-refractivity contribution in [3.63, 3.8) is 0 Å². The molecule has 0 saturated heterocycles. The van der Waals surface area contributed by atoms with Gasteiger partial charge in [-0.3, -0.25) is 4.79 Å². The van der Waals surface area contributed by atoms with Gasteiger partial charge in [0.1, 0.15) is 6.29 Å². The summed E-state index contributed by atoms with van der Waals surface area (Å²) in [5.74, 6) is 0. The minimum atomic E-state index is 0.245. The molecule has 2 nitrogen and oxygen atoms in total. The van der Waals surface area contributed by atoms with Crippen LogP contribution in [0.4, 0.5) is 0 Å². The quantitative estimate of drug-likeness (QED) is 0.339. The van der Waals surface area contributed by atoms with Crippen molar-refractivity contribution in [2.24, 2.45) is 0 Å². The minimum absolute atomic E-state index is 0.245. The molecule has 1 N–H and O–H groups in total. The first-order valence-corrected chi connectivity index (χ1v) is 3.13. The monoisotopic (exact) mass is 128 g/mol. The van der Waals surface area contributed by atoms with Gasteiger partial charge in [0.25, 0.3) is 0 Å². The number of aliphatic hydroxyl groups is 1. The number of carbonyl (C=O) groups is 1. The van der Waals surface area contributed by atoms with Gasteiger partial charge in [-0.25, -0.2) is 0 Å². The molecule has 0 bridgehead atoms. The number of allylic oxidation sites excluding steroid dienone is 2. The standard InChI is InChI=1S/C7H12O2/c8-6-4-2-1-3-5-7-9/h2,4,6,9H,1,3,5,7H2/b4-2+. The number of aldehydes is 1. The Morgan fingerprint density at radius 2 is 2.11 bits per heavy atom. The molecule has 0 atom stereocenters. The van der Waals surface area contributed by atoms with Crippen LogP contribution in [0, 0.1) is 0 Å². The second-order valence-corrected chi connectivity index (χ2v) is 1.78. The highest BCUT2D eigenvalue weighted by Gasteiger charge is 1.80. The molecule has 0 saturated carbocycles. The number of aliphatic hydroxyl groups excluding tert-OH is 1. The number of carbonyl (C=O) groups excluding carboxylic acids is 1. The predicted octanol–water partition coefficient (Wildman–Crippen LogP) is 0.904. The van der Waals surface area contributed by atoms with Gasteiger partial charge in [-0.1, -0.05) is 6.08 Å². The molecule has 0 unspecified atom stereocenters. The lowest BCUT2D eigenvalue weighted by molar-refractivity contribution is -0.104. The minimum Gasteiger partial charge on any atom is -0.396 e. The second-order valence-electron chi connectivity index (χ2n) is 1.78. The van der Waals surface area contributed by atoms with Gasteiger partial charge in [0, 0.05) is 6.61 Å². The maximum Gasteiger partial charge on any atom is 0.142 e. The van der Waals surface area contributed by atoms with Crippen molar-refractivity contribution in [3.8, 4) is 0 Å². The summed E-state index contributed by atoms with van der Waals surface area (Å²) in [5, 5.41) is 8.33. The summed E-state index contributed by atoms with van der Waals surface area (Å²) in [5.41, 5.74) is 0. The van der Waals surface area contributed by atoms with E-state index >= 15 is 0 Å². The molecule has 0 fully saturated rings. The molecular formula is C7H12O2. The number of hydrogen-bond acceptors (Lipinski definition) is 2. The van der Waals surface area contributed by atoms with Crippen LogP contribution < -0.4 is 0 Å². The van der Waals surface area contributed by atoms with E-state index in [1.54, 1.807) is 0 Å². The van der Waals surface area contributed by atoms with Crippen molar-refractivity contribution >= 4 is 6.29 Å². The fourth-order valence-electron chi connectivity index (χ4n) is 0.526. The average molecular weight is 128 g/mol. The zero-order valence-electron chi connectivity index (χ0n) is 5.42. The highest BCUT2D eigenvalue weighted by molar-refractivity contribution is 5.64. The Morgan fingerprint density at radius 3 is 2.67 bits per heavy atom. The summed E-state index contributed by atoms with van der Waals surface area (Å²) in [6.07, 6.45) is 6.72. The van der Waals surface area contributed by atoms with Crippen molar-refractivity contribution < 1.29 is 9.90 Å². The lowest BCUT2D eigenvalue weighted by atomic mass is 10.2. The van der Waals surface area contributed by atoms with E-state index in [2.05, 4.69) is 0 Å². The zero-order chi connectivity index (χ0) is 6.95. The summed E-state index contributed by atoms with van der Waals surface area (Å²) in [7, 11) is 0. The van der Waals surface area contributed by atoms with Crippen molar-refractivity contribution in [3.05, 3.63) is 12.2 Å². The molecule has 0 spiro atoms. The first-order valence-electron chi connectivity index (χ1n) is 3.13. The summed E-state index contributed by atoms with van der Waals surface area (Å²) < 4.78 is 0. The Bertz CT molecular complexity index is 86.9. The summed E-state index contributed by atoms with van der Waals surface area (Å²) in [6, 6.07) is 0. The smallest absolute Gasteiger partial charge is 0.142 e. The van der Waals surface area contributed by atoms with Crippen LogP contribution in [0.25, 0.3) is 0 Å². The lowest BCUT2D eigenvalue weighted by Crippen LogP contribution is -1.80. The Kier molecular flexibility index (Phi) is 6.85. The molecule has 0 rings (SSSR count). The molecular weight excluding hydrogens is 116 g/mol. The van der Waals surface area contributed by atoms with Crippen LogP contribution in [0.1, 0.15) is 19.3 Å². The molecule has 0 aromatic carbocycles. The number of rotatable bonds is 5. The van der Waals surface area contributed by atoms with Gasteiger partial charge < -0.3 is 5.11 Å². The van der Waals surface area contributed by atoms with Crippen molar-refractivity contribution in [1.82, 2.24) is 0 Å². The molecule has 0 aromatic rings. The van der Waals surface area contributed by atoms with Crippen molar-refractivity contribution in [2.75, 3.05) is 6.61 Å². The molecule has 9 heavy (non-hydrogen) atoms. The van der Waals surface area contributed by atoms with E-state index in [0.29, 0.717) is 0 Å². The number of unbranched alkanes of at least 4 members (excludes halogenated alkanes) is 2. The third-order valence-electron chi connectivity index (χ3n) is 0.994. The maximum atomic E-state index is 9.70.